The number of aliphatic carboxylic acids is 1. The van der Waals surface area contributed by atoms with Crippen LogP contribution in [0.25, 0.3) is 0 Å². The van der Waals surface area contributed by atoms with Gasteiger partial charge in [0.1, 0.15) is 5.82 Å². The molecule has 17 heavy (non-hydrogen) atoms. The van der Waals surface area contributed by atoms with Crippen molar-refractivity contribution in [1.82, 2.24) is 9.36 Å². The summed E-state index contributed by atoms with van der Waals surface area (Å²) in [7, 11) is 0. The lowest BCUT2D eigenvalue weighted by Gasteiger charge is -2.22. The SMILES string of the molecule is CC(C)c1nsc(NC2(C(=O)O)CCOC2)n1. The predicted molar refractivity (Wildman–Crippen MR) is 63.4 cm³/mol. The zero-order chi connectivity index (χ0) is 12.5. The third kappa shape index (κ3) is 2.39. The third-order valence-electron chi connectivity index (χ3n) is 2.74. The number of carboxylic acid groups (broad SMARTS) is 1. The zero-order valence-corrected chi connectivity index (χ0v) is 10.6. The first-order valence-electron chi connectivity index (χ1n) is 5.46. The van der Waals surface area contributed by atoms with Gasteiger partial charge in [0.15, 0.2) is 5.54 Å². The highest BCUT2D eigenvalue weighted by atomic mass is 32.1. The second kappa shape index (κ2) is 4.58. The molecule has 94 valence electrons. The van der Waals surface area contributed by atoms with Crippen LogP contribution in [-0.2, 0) is 9.53 Å². The van der Waals surface area contributed by atoms with E-state index in [4.69, 9.17) is 4.74 Å². The number of hydrogen-bond donors (Lipinski definition) is 2. The van der Waals surface area contributed by atoms with Crippen molar-refractivity contribution in [3.63, 3.8) is 0 Å². The molecule has 6 nitrogen and oxygen atoms in total. The number of carboxylic acids is 1. The Balaban J connectivity index is 2.15. The maximum absolute atomic E-state index is 11.3. The second-order valence-corrected chi connectivity index (χ2v) is 5.18. The van der Waals surface area contributed by atoms with E-state index in [-0.39, 0.29) is 12.5 Å². The molecule has 1 aromatic rings. The Labute approximate surface area is 103 Å². The van der Waals surface area contributed by atoms with Crippen LogP contribution in [0.15, 0.2) is 0 Å². The molecule has 1 aromatic heterocycles. The van der Waals surface area contributed by atoms with Crippen LogP contribution in [0.1, 0.15) is 32.0 Å². The monoisotopic (exact) mass is 257 g/mol. The van der Waals surface area contributed by atoms with E-state index in [2.05, 4.69) is 14.7 Å². The number of aromatic nitrogens is 2. The quantitative estimate of drug-likeness (QED) is 0.846. The number of nitrogens with zero attached hydrogens (tertiary/aromatic N) is 2. The molecular weight excluding hydrogens is 242 g/mol. The molecule has 1 fully saturated rings. The van der Waals surface area contributed by atoms with E-state index < -0.39 is 11.5 Å². The molecular formula is C10H15N3O3S. The van der Waals surface area contributed by atoms with Crippen molar-refractivity contribution < 1.29 is 14.6 Å². The van der Waals surface area contributed by atoms with Gasteiger partial charge in [-0.1, -0.05) is 13.8 Å². The maximum Gasteiger partial charge on any atom is 0.331 e. The molecule has 1 unspecified atom stereocenters. The maximum atomic E-state index is 11.3. The summed E-state index contributed by atoms with van der Waals surface area (Å²) in [4.78, 5) is 15.6. The summed E-state index contributed by atoms with van der Waals surface area (Å²) in [6, 6.07) is 0. The average Bonchev–Trinajstić information content (AvgIpc) is 2.88. The molecule has 0 bridgehead atoms. The number of hydrogen-bond acceptors (Lipinski definition) is 6. The van der Waals surface area contributed by atoms with E-state index in [1.807, 2.05) is 13.8 Å². The highest BCUT2D eigenvalue weighted by molar-refractivity contribution is 7.09. The zero-order valence-electron chi connectivity index (χ0n) is 9.77. The van der Waals surface area contributed by atoms with E-state index in [1.165, 1.54) is 11.5 Å². The van der Waals surface area contributed by atoms with Crippen LogP contribution in [0, 0.1) is 0 Å². The molecule has 1 aliphatic rings. The first-order chi connectivity index (χ1) is 8.03. The van der Waals surface area contributed by atoms with Gasteiger partial charge in [-0.2, -0.15) is 4.37 Å². The van der Waals surface area contributed by atoms with Crippen LogP contribution in [0.5, 0.6) is 0 Å². The number of nitrogens with one attached hydrogen (secondary N) is 1. The van der Waals surface area contributed by atoms with Gasteiger partial charge in [0.05, 0.1) is 6.61 Å². The molecule has 1 atom stereocenters. The van der Waals surface area contributed by atoms with Gasteiger partial charge in [-0.25, -0.2) is 9.78 Å². The van der Waals surface area contributed by atoms with Gasteiger partial charge in [0.25, 0.3) is 0 Å². The predicted octanol–water partition coefficient (Wildman–Crippen LogP) is 1.32. The van der Waals surface area contributed by atoms with Gasteiger partial charge >= 0.3 is 5.97 Å². The van der Waals surface area contributed by atoms with E-state index in [9.17, 15) is 9.90 Å². The number of carbonyl (C=O) groups is 1. The average molecular weight is 257 g/mol. The van der Waals surface area contributed by atoms with Gasteiger partial charge in [0, 0.05) is 30.5 Å². The van der Waals surface area contributed by atoms with Crippen LogP contribution < -0.4 is 5.32 Å². The van der Waals surface area contributed by atoms with Gasteiger partial charge in [-0.15, -0.1) is 0 Å². The molecule has 2 N–H and O–H groups in total. The lowest BCUT2D eigenvalue weighted by Crippen LogP contribution is -2.47. The minimum Gasteiger partial charge on any atom is -0.479 e. The molecule has 0 aromatic carbocycles. The van der Waals surface area contributed by atoms with Crippen molar-refractivity contribution in [2.75, 3.05) is 18.5 Å². The Morgan fingerprint density at radius 3 is 2.88 bits per heavy atom. The Bertz CT molecular complexity index is 413. The van der Waals surface area contributed by atoms with E-state index in [0.29, 0.717) is 18.2 Å². The number of anilines is 1. The lowest BCUT2D eigenvalue weighted by atomic mass is 10.00. The molecule has 0 amide bonds. The summed E-state index contributed by atoms with van der Waals surface area (Å²) in [6.45, 7) is 4.61. The van der Waals surface area contributed by atoms with Gasteiger partial charge < -0.3 is 15.2 Å². The minimum atomic E-state index is -1.05. The molecule has 1 aliphatic heterocycles. The summed E-state index contributed by atoms with van der Waals surface area (Å²) in [5, 5.41) is 12.7. The molecule has 0 spiro atoms. The summed E-state index contributed by atoms with van der Waals surface area (Å²) in [6.07, 6.45) is 0.443. The fraction of sp³-hybridized carbons (Fsp3) is 0.700. The van der Waals surface area contributed by atoms with Crippen molar-refractivity contribution >= 4 is 22.6 Å². The number of ether oxygens (including phenoxy) is 1. The molecule has 0 saturated carbocycles. The molecule has 1 saturated heterocycles. The van der Waals surface area contributed by atoms with E-state index in [1.54, 1.807) is 0 Å². The molecule has 7 heteroatoms. The summed E-state index contributed by atoms with van der Waals surface area (Å²) in [5.74, 6) is 0.0654. The van der Waals surface area contributed by atoms with Crippen molar-refractivity contribution in [3.05, 3.63) is 5.82 Å². The smallest absolute Gasteiger partial charge is 0.331 e. The topological polar surface area (TPSA) is 84.3 Å². The normalized spacial score (nSPS) is 24.2. The van der Waals surface area contributed by atoms with Crippen LogP contribution >= 0.6 is 11.5 Å². The largest absolute Gasteiger partial charge is 0.479 e. The van der Waals surface area contributed by atoms with Gasteiger partial charge in [0.2, 0.25) is 5.13 Å². The Morgan fingerprint density at radius 2 is 2.41 bits per heavy atom. The van der Waals surface area contributed by atoms with Crippen molar-refractivity contribution in [2.24, 2.45) is 0 Å². The fourth-order valence-electron chi connectivity index (χ4n) is 1.61. The van der Waals surface area contributed by atoms with Crippen LogP contribution in [0.2, 0.25) is 0 Å². The standard InChI is InChI=1S/C10H15N3O3S/c1-6(2)7-11-9(17-13-7)12-10(8(14)15)3-4-16-5-10/h6H,3-5H2,1-2H3,(H,14,15)(H,11,12,13). The fourth-order valence-corrected chi connectivity index (χ4v) is 2.42. The van der Waals surface area contributed by atoms with Crippen molar-refractivity contribution in [1.29, 1.82) is 0 Å². The first-order valence-corrected chi connectivity index (χ1v) is 6.24. The third-order valence-corrected chi connectivity index (χ3v) is 3.38. The molecule has 2 heterocycles. The van der Waals surface area contributed by atoms with Crippen LogP contribution in [0.3, 0.4) is 0 Å². The summed E-state index contributed by atoms with van der Waals surface area (Å²) >= 11 is 1.19. The minimum absolute atomic E-state index is 0.166. The highest BCUT2D eigenvalue weighted by Gasteiger charge is 2.43. The molecule has 2 rings (SSSR count). The molecule has 0 aliphatic carbocycles. The highest BCUT2D eigenvalue weighted by Crippen LogP contribution is 2.26. The van der Waals surface area contributed by atoms with Crippen LogP contribution in [-0.4, -0.2) is 39.2 Å². The lowest BCUT2D eigenvalue weighted by molar-refractivity contribution is -0.142. The van der Waals surface area contributed by atoms with E-state index in [0.717, 1.165) is 5.82 Å². The van der Waals surface area contributed by atoms with Gasteiger partial charge in [-0.05, 0) is 0 Å². The number of rotatable bonds is 4. The first kappa shape index (κ1) is 12.3. The van der Waals surface area contributed by atoms with Gasteiger partial charge in [-0.3, -0.25) is 0 Å². The Kier molecular flexibility index (Phi) is 3.30. The Hall–Kier alpha value is -1.21. The van der Waals surface area contributed by atoms with Crippen molar-refractivity contribution in [3.8, 4) is 0 Å². The second-order valence-electron chi connectivity index (χ2n) is 4.43. The summed E-state index contributed by atoms with van der Waals surface area (Å²) in [5.41, 5.74) is -1.05. The van der Waals surface area contributed by atoms with E-state index >= 15 is 0 Å². The summed E-state index contributed by atoms with van der Waals surface area (Å²) < 4.78 is 9.34. The van der Waals surface area contributed by atoms with Crippen LogP contribution in [0.4, 0.5) is 5.13 Å². The Morgan fingerprint density at radius 1 is 1.65 bits per heavy atom. The van der Waals surface area contributed by atoms with Crippen molar-refractivity contribution in [2.45, 2.75) is 31.7 Å². The molecule has 0 radical (unpaired) electrons.